The Balaban J connectivity index is 6.56. The quantitative estimate of drug-likeness (QED) is 0.312. The van der Waals surface area contributed by atoms with E-state index in [1.807, 2.05) is 0 Å². The first-order valence-corrected chi connectivity index (χ1v) is 9.72. The van der Waals surface area contributed by atoms with Gasteiger partial charge in [0.25, 0.3) is 0 Å². The molecule has 0 unspecified atom stereocenters. The first-order chi connectivity index (χ1) is 13.0. The minimum atomic E-state index is -8.67. The van der Waals surface area contributed by atoms with Gasteiger partial charge in [-0.25, -0.2) is 0 Å². The summed E-state index contributed by atoms with van der Waals surface area (Å²) in [7, 11) is -4.80. The van der Waals surface area contributed by atoms with Gasteiger partial charge < -0.3 is 9.59 Å². The van der Waals surface area contributed by atoms with E-state index >= 15 is 0 Å². The van der Waals surface area contributed by atoms with E-state index in [0.29, 0.717) is 6.55 Å². The molecule has 2 nitrogen and oxygen atoms in total. The summed E-state index contributed by atoms with van der Waals surface area (Å²) in [5.74, 6) is -56.8. The van der Waals surface area contributed by atoms with E-state index in [0.717, 1.165) is 0 Å². The monoisotopic (exact) mass is 524 g/mol. The van der Waals surface area contributed by atoms with E-state index in [4.69, 9.17) is 9.59 Å². The van der Waals surface area contributed by atoms with Gasteiger partial charge in [0.2, 0.25) is 0 Å². The third kappa shape index (κ3) is 4.42. The Morgan fingerprint density at radius 2 is 0.742 bits per heavy atom. The second-order valence-electron chi connectivity index (χ2n) is 6.37. The molecule has 0 aromatic heterocycles. The van der Waals surface area contributed by atoms with Gasteiger partial charge in [0, 0.05) is 6.42 Å². The molecule has 188 valence electrons. The van der Waals surface area contributed by atoms with Crippen LogP contribution in [0.4, 0.5) is 74.6 Å². The van der Waals surface area contributed by atoms with Gasteiger partial charge in [-0.2, -0.15) is 74.6 Å². The van der Waals surface area contributed by atoms with Crippen molar-refractivity contribution in [3.8, 4) is 0 Å². The van der Waals surface area contributed by atoms with Crippen LogP contribution in [0.15, 0.2) is 0 Å². The molecule has 0 aromatic carbocycles. The summed E-state index contributed by atoms with van der Waals surface area (Å²) in [6.07, 6.45) is -10.6. The minimum Gasteiger partial charge on any atom is -0.411 e. The van der Waals surface area contributed by atoms with Crippen LogP contribution in [0.5, 0.6) is 0 Å². The molecule has 0 radical (unpaired) electrons. The molecule has 0 bridgehead atoms. The molecule has 2 N–H and O–H groups in total. The molecule has 0 atom stereocenters. The standard InChI is InChI=1S/C11H9F17O2Si/c1-31(29,30)3-2-4(12,13)5(14,15)6(16,17)7(18,19)8(20,21)9(22,23)10(24,25)11(26,27)28/h29-30H,2-3H2,1H3. The maximum atomic E-state index is 13.4. The second-order valence-corrected chi connectivity index (χ2v) is 9.30. The topological polar surface area (TPSA) is 40.5 Å². The number of alkyl halides is 17. The van der Waals surface area contributed by atoms with Crippen molar-refractivity contribution in [1.82, 2.24) is 0 Å². The lowest BCUT2D eigenvalue weighted by atomic mass is 9.88. The zero-order valence-electron chi connectivity index (χ0n) is 14.2. The van der Waals surface area contributed by atoms with Gasteiger partial charge in [-0.3, -0.25) is 0 Å². The second kappa shape index (κ2) is 7.49. The number of halogens is 17. The maximum absolute atomic E-state index is 13.4. The number of hydrogen-bond donors (Lipinski definition) is 2. The van der Waals surface area contributed by atoms with Gasteiger partial charge in [-0.15, -0.1) is 0 Å². The highest BCUT2D eigenvalue weighted by atomic mass is 28.4. The number of rotatable bonds is 9. The van der Waals surface area contributed by atoms with Gasteiger partial charge in [0.05, 0.1) is 0 Å². The van der Waals surface area contributed by atoms with Crippen LogP contribution in [0, 0.1) is 0 Å². The molecule has 0 fully saturated rings. The van der Waals surface area contributed by atoms with Crippen LogP contribution >= 0.6 is 0 Å². The van der Waals surface area contributed by atoms with Crippen LogP contribution in [0.1, 0.15) is 6.42 Å². The van der Waals surface area contributed by atoms with Crippen LogP contribution in [0.25, 0.3) is 0 Å². The third-order valence-corrected chi connectivity index (χ3v) is 4.90. The summed E-state index contributed by atoms with van der Waals surface area (Å²) >= 11 is 0. The first kappa shape index (κ1) is 29.9. The average molecular weight is 524 g/mol. The van der Waals surface area contributed by atoms with Crippen LogP contribution in [0.2, 0.25) is 12.6 Å². The van der Waals surface area contributed by atoms with Crippen LogP contribution in [-0.4, -0.2) is 65.8 Å². The van der Waals surface area contributed by atoms with E-state index in [1.165, 1.54) is 0 Å². The molecular formula is C11H9F17O2Si. The van der Waals surface area contributed by atoms with Crippen LogP contribution in [-0.2, 0) is 0 Å². The molecule has 0 aliphatic carbocycles. The van der Waals surface area contributed by atoms with Gasteiger partial charge in [0.15, 0.2) is 0 Å². The molecule has 0 heterocycles. The Kier molecular flexibility index (Phi) is 7.23. The van der Waals surface area contributed by atoms with Gasteiger partial charge in [0.1, 0.15) is 0 Å². The maximum Gasteiger partial charge on any atom is 0.460 e. The Morgan fingerprint density at radius 3 is 1.00 bits per heavy atom. The van der Waals surface area contributed by atoms with Crippen molar-refractivity contribution < 1.29 is 84.2 Å². The molecule has 0 aliphatic heterocycles. The minimum absolute atomic E-state index is 0.307. The van der Waals surface area contributed by atoms with Crippen molar-refractivity contribution in [1.29, 1.82) is 0 Å². The van der Waals surface area contributed by atoms with Crippen LogP contribution < -0.4 is 0 Å². The summed E-state index contributed by atoms with van der Waals surface area (Å²) in [5.41, 5.74) is 0. The van der Waals surface area contributed by atoms with Crippen LogP contribution in [0.3, 0.4) is 0 Å². The largest absolute Gasteiger partial charge is 0.460 e. The third-order valence-electron chi connectivity index (χ3n) is 3.70. The van der Waals surface area contributed by atoms with Crippen molar-refractivity contribution in [2.24, 2.45) is 0 Å². The normalized spacial score (nSPS) is 16.6. The summed E-state index contributed by atoms with van der Waals surface area (Å²) in [4.78, 5) is 17.6. The fourth-order valence-corrected chi connectivity index (χ4v) is 2.53. The molecule has 20 heteroatoms. The fourth-order valence-electron chi connectivity index (χ4n) is 1.75. The van der Waals surface area contributed by atoms with Gasteiger partial charge in [-0.05, 0) is 12.6 Å². The van der Waals surface area contributed by atoms with E-state index in [9.17, 15) is 74.6 Å². The SMILES string of the molecule is C[Si](O)(O)CCC(F)(F)C(F)(F)C(F)(F)C(F)(F)C(F)(F)C(F)(F)C(F)(F)C(F)(F)F. The van der Waals surface area contributed by atoms with E-state index in [2.05, 4.69) is 0 Å². The Labute approximate surface area is 160 Å². The van der Waals surface area contributed by atoms with E-state index < -0.39 is 68.7 Å². The highest BCUT2D eigenvalue weighted by Crippen LogP contribution is 2.64. The summed E-state index contributed by atoms with van der Waals surface area (Å²) < 4.78 is 220. The molecule has 0 aromatic rings. The average Bonchev–Trinajstić information content (AvgIpc) is 2.50. The summed E-state index contributed by atoms with van der Waals surface area (Å²) in [6.45, 7) is 0.307. The van der Waals surface area contributed by atoms with Crippen molar-refractivity contribution >= 4 is 8.56 Å². The predicted octanol–water partition coefficient (Wildman–Crippen LogP) is 5.44. The summed E-state index contributed by atoms with van der Waals surface area (Å²) in [6, 6.07) is -1.89. The highest BCUT2D eigenvalue weighted by Gasteiger charge is 2.95. The summed E-state index contributed by atoms with van der Waals surface area (Å²) in [5, 5.41) is 0. The molecule has 0 saturated heterocycles. The molecule has 0 saturated carbocycles. The van der Waals surface area contributed by atoms with Crippen molar-refractivity contribution in [3.63, 3.8) is 0 Å². The highest BCUT2D eigenvalue weighted by molar-refractivity contribution is 6.63. The Morgan fingerprint density at radius 1 is 0.484 bits per heavy atom. The van der Waals surface area contributed by atoms with E-state index in [1.54, 1.807) is 0 Å². The van der Waals surface area contributed by atoms with Crippen molar-refractivity contribution in [2.45, 2.75) is 66.6 Å². The van der Waals surface area contributed by atoms with Gasteiger partial charge >= 0.3 is 56.2 Å². The zero-order valence-corrected chi connectivity index (χ0v) is 15.2. The smallest absolute Gasteiger partial charge is 0.411 e. The molecule has 31 heavy (non-hydrogen) atoms. The Hall–Kier alpha value is -1.05. The number of hydrogen-bond acceptors (Lipinski definition) is 2. The molecule has 0 rings (SSSR count). The lowest BCUT2D eigenvalue weighted by Crippen LogP contribution is -2.74. The predicted molar refractivity (Wildman–Crippen MR) is 66.2 cm³/mol. The first-order valence-electron chi connectivity index (χ1n) is 7.12. The van der Waals surface area contributed by atoms with Gasteiger partial charge in [-0.1, -0.05) is 0 Å². The zero-order chi connectivity index (χ0) is 25.9. The molecule has 0 spiro atoms. The molecule has 0 aliphatic rings. The fraction of sp³-hybridized carbons (Fsp3) is 1.00. The Bertz CT molecular complexity index is 647. The molecular weight excluding hydrogens is 515 g/mol. The lowest BCUT2D eigenvalue weighted by molar-refractivity contribution is -0.461. The lowest BCUT2D eigenvalue weighted by Gasteiger charge is -2.43. The van der Waals surface area contributed by atoms with Crippen molar-refractivity contribution in [2.75, 3.05) is 0 Å². The van der Waals surface area contributed by atoms with Crippen molar-refractivity contribution in [3.05, 3.63) is 0 Å². The van der Waals surface area contributed by atoms with E-state index in [-0.39, 0.29) is 0 Å². The molecule has 0 amide bonds.